The van der Waals surface area contributed by atoms with Gasteiger partial charge in [-0.2, -0.15) is 4.31 Å². The lowest BCUT2D eigenvalue weighted by Gasteiger charge is -2.39. The molecule has 3 rings (SSSR count). The third-order valence-corrected chi connectivity index (χ3v) is 7.96. The van der Waals surface area contributed by atoms with Crippen molar-refractivity contribution in [1.82, 2.24) is 19.4 Å². The monoisotopic (exact) mass is 571 g/mol. The summed E-state index contributed by atoms with van der Waals surface area (Å²) in [6, 6.07) is 3.46. The molecule has 1 N–H and O–H groups in total. The van der Waals surface area contributed by atoms with Crippen LogP contribution in [0.15, 0.2) is 26.7 Å². The van der Waals surface area contributed by atoms with E-state index in [4.69, 9.17) is 4.74 Å². The molecular weight excluding hydrogens is 541 g/mol. The van der Waals surface area contributed by atoms with Crippen LogP contribution in [0.5, 0.6) is 0 Å². The van der Waals surface area contributed by atoms with Gasteiger partial charge in [0.1, 0.15) is 9.81 Å². The van der Waals surface area contributed by atoms with E-state index in [0.29, 0.717) is 43.5 Å². The van der Waals surface area contributed by atoms with Crippen molar-refractivity contribution in [1.29, 1.82) is 0 Å². The van der Waals surface area contributed by atoms with E-state index in [1.807, 2.05) is 20.8 Å². The Kier molecular flexibility index (Phi) is 8.38. The molecule has 3 heterocycles. The van der Waals surface area contributed by atoms with E-state index in [0.717, 1.165) is 5.96 Å². The molecule has 0 saturated carbocycles. The van der Waals surface area contributed by atoms with E-state index in [9.17, 15) is 13.2 Å². The molecule has 1 saturated heterocycles. The van der Waals surface area contributed by atoms with Crippen LogP contribution in [0.3, 0.4) is 0 Å². The summed E-state index contributed by atoms with van der Waals surface area (Å²) in [5.74, 6) is 0.765. The Bertz CT molecular complexity index is 854. The molecule has 1 aromatic rings. The smallest absolute Gasteiger partial charge is 0.410 e. The third-order valence-electron chi connectivity index (χ3n) is 4.73. The van der Waals surface area contributed by atoms with Gasteiger partial charge in [-0.3, -0.25) is 4.99 Å². The Morgan fingerprint density at radius 2 is 2.13 bits per heavy atom. The van der Waals surface area contributed by atoms with Gasteiger partial charge in [0, 0.05) is 39.8 Å². The molecule has 9 nitrogen and oxygen atoms in total. The zero-order valence-electron chi connectivity index (χ0n) is 17.7. The largest absolute Gasteiger partial charge is 0.444 e. The van der Waals surface area contributed by atoms with Crippen molar-refractivity contribution < 1.29 is 17.9 Å². The summed E-state index contributed by atoms with van der Waals surface area (Å²) in [6.45, 7) is 8.77. The van der Waals surface area contributed by atoms with Gasteiger partial charge in [-0.25, -0.2) is 13.2 Å². The van der Waals surface area contributed by atoms with Crippen LogP contribution in [0.2, 0.25) is 0 Å². The molecule has 1 aromatic heterocycles. The Balaban J connectivity index is 0.00000320. The number of hydrogen-bond acceptors (Lipinski definition) is 8. The summed E-state index contributed by atoms with van der Waals surface area (Å²) >= 11 is 1.21. The fraction of sp³-hybridized carbons (Fsp3) is 0.667. The number of sulfonamides is 1. The molecule has 1 fully saturated rings. The topological polar surface area (TPSA) is 94.6 Å². The molecule has 1 unspecified atom stereocenters. The van der Waals surface area contributed by atoms with Crippen LogP contribution in [0.1, 0.15) is 20.8 Å². The summed E-state index contributed by atoms with van der Waals surface area (Å²) in [6.07, 6.45) is -0.293. The number of halogens is 1. The molecule has 170 valence electrons. The number of amides is 1. The average Bonchev–Trinajstić information content (AvgIpc) is 3.30. The van der Waals surface area contributed by atoms with Crippen molar-refractivity contribution in [3.05, 3.63) is 17.5 Å². The van der Waals surface area contributed by atoms with E-state index in [1.54, 1.807) is 29.5 Å². The minimum Gasteiger partial charge on any atom is -0.444 e. The number of fused-ring (bicyclic) bond motifs is 1. The van der Waals surface area contributed by atoms with Gasteiger partial charge in [0.2, 0.25) is 0 Å². The molecule has 0 radical (unpaired) electrons. The van der Waals surface area contributed by atoms with Gasteiger partial charge < -0.3 is 19.9 Å². The molecule has 2 aliphatic heterocycles. The van der Waals surface area contributed by atoms with Crippen molar-refractivity contribution in [2.24, 2.45) is 4.99 Å². The predicted molar refractivity (Wildman–Crippen MR) is 128 cm³/mol. The summed E-state index contributed by atoms with van der Waals surface area (Å²) in [5, 5.41) is 5.00. The normalized spacial score (nSPS) is 19.2. The van der Waals surface area contributed by atoms with E-state index < -0.39 is 15.6 Å². The Morgan fingerprint density at radius 1 is 1.40 bits per heavy atom. The van der Waals surface area contributed by atoms with Gasteiger partial charge in [0.25, 0.3) is 10.0 Å². The summed E-state index contributed by atoms with van der Waals surface area (Å²) < 4.78 is 32.1. The zero-order chi connectivity index (χ0) is 21.2. The second kappa shape index (κ2) is 10.0. The highest BCUT2D eigenvalue weighted by Gasteiger charge is 2.36. The molecule has 2 aliphatic rings. The Hall–Kier alpha value is -1.12. The second-order valence-electron chi connectivity index (χ2n) is 8.12. The fourth-order valence-corrected chi connectivity index (χ4v) is 5.60. The quantitative estimate of drug-likeness (QED) is 0.543. The molecule has 1 amide bonds. The first-order valence-corrected chi connectivity index (χ1v) is 11.9. The van der Waals surface area contributed by atoms with Crippen LogP contribution in [-0.2, 0) is 14.8 Å². The van der Waals surface area contributed by atoms with Gasteiger partial charge in [0.05, 0.1) is 12.6 Å². The van der Waals surface area contributed by atoms with Crippen molar-refractivity contribution in [3.8, 4) is 0 Å². The number of ether oxygens (including phenoxy) is 1. The number of hydrogen-bond donors (Lipinski definition) is 1. The lowest BCUT2D eigenvalue weighted by Crippen LogP contribution is -2.57. The molecule has 12 heteroatoms. The SMILES string of the molecule is CN(CCNC1=NCC2CN(C(=O)OC(C)(C)C)CCN12)S(=O)(=O)c1cccs1.I. The number of rotatable bonds is 5. The lowest BCUT2D eigenvalue weighted by molar-refractivity contribution is 0.0137. The summed E-state index contributed by atoms with van der Waals surface area (Å²) in [4.78, 5) is 20.7. The van der Waals surface area contributed by atoms with Crippen molar-refractivity contribution in [3.63, 3.8) is 0 Å². The third kappa shape index (κ3) is 5.98. The van der Waals surface area contributed by atoms with Crippen LogP contribution in [0, 0.1) is 0 Å². The summed E-state index contributed by atoms with van der Waals surface area (Å²) in [5.41, 5.74) is -0.511. The maximum Gasteiger partial charge on any atom is 0.410 e. The number of carbonyl (C=O) groups is 1. The van der Waals surface area contributed by atoms with Crippen LogP contribution in [0.4, 0.5) is 4.79 Å². The number of nitrogens with zero attached hydrogens (tertiary/aromatic N) is 4. The average molecular weight is 572 g/mol. The Labute approximate surface area is 199 Å². The van der Waals surface area contributed by atoms with E-state index >= 15 is 0 Å². The number of aliphatic imine (C=N–C) groups is 1. The first-order valence-electron chi connectivity index (χ1n) is 9.60. The molecule has 0 aliphatic carbocycles. The van der Waals surface area contributed by atoms with E-state index in [-0.39, 0.29) is 36.1 Å². The number of nitrogens with one attached hydrogen (secondary N) is 1. The van der Waals surface area contributed by atoms with Gasteiger partial charge in [-0.1, -0.05) is 6.07 Å². The highest BCUT2D eigenvalue weighted by Crippen LogP contribution is 2.20. The van der Waals surface area contributed by atoms with Crippen molar-refractivity contribution in [2.75, 3.05) is 46.3 Å². The van der Waals surface area contributed by atoms with E-state index in [1.165, 1.54) is 15.6 Å². The predicted octanol–water partition coefficient (Wildman–Crippen LogP) is 1.87. The minimum atomic E-state index is -3.45. The molecule has 0 aromatic carbocycles. The number of likely N-dealkylation sites (N-methyl/N-ethyl adjacent to an activating group) is 1. The maximum absolute atomic E-state index is 12.5. The van der Waals surface area contributed by atoms with Gasteiger partial charge in [-0.15, -0.1) is 35.3 Å². The van der Waals surface area contributed by atoms with Crippen LogP contribution in [0.25, 0.3) is 0 Å². The number of guanidine groups is 1. The van der Waals surface area contributed by atoms with Crippen LogP contribution < -0.4 is 5.32 Å². The highest BCUT2D eigenvalue weighted by atomic mass is 127. The summed E-state index contributed by atoms with van der Waals surface area (Å²) in [7, 11) is -1.87. The highest BCUT2D eigenvalue weighted by molar-refractivity contribution is 14.0. The van der Waals surface area contributed by atoms with Crippen molar-refractivity contribution >= 4 is 57.4 Å². The van der Waals surface area contributed by atoms with Crippen LogP contribution >= 0.6 is 35.3 Å². The standard InChI is InChI=1S/C18H29N5O4S2.HI/c1-18(2,3)27-17(24)22-9-10-23-14(13-22)12-20-16(23)19-7-8-21(4)29(25,26)15-6-5-11-28-15;/h5-6,11,14H,7-10,12-13H2,1-4H3,(H,19,20);1H. The first-order chi connectivity index (χ1) is 13.6. The molecule has 30 heavy (non-hydrogen) atoms. The maximum atomic E-state index is 12.5. The van der Waals surface area contributed by atoms with Crippen LogP contribution in [-0.4, -0.2) is 92.5 Å². The first kappa shape index (κ1) is 25.1. The molecule has 0 bridgehead atoms. The number of carbonyl (C=O) groups excluding carboxylic acids is 1. The van der Waals surface area contributed by atoms with Gasteiger partial charge >= 0.3 is 6.09 Å². The van der Waals surface area contributed by atoms with Crippen molar-refractivity contribution in [2.45, 2.75) is 36.6 Å². The van der Waals surface area contributed by atoms with Gasteiger partial charge in [-0.05, 0) is 32.2 Å². The molecule has 1 atom stereocenters. The Morgan fingerprint density at radius 3 is 2.77 bits per heavy atom. The lowest BCUT2D eigenvalue weighted by atomic mass is 10.2. The number of thiophene rings is 1. The molecule has 0 spiro atoms. The molecular formula is C18H30IN5O4S2. The minimum absolute atomic E-state index is 0. The number of piperazine rings is 1. The fourth-order valence-electron chi connectivity index (χ4n) is 3.23. The van der Waals surface area contributed by atoms with E-state index in [2.05, 4.69) is 15.2 Å². The van der Waals surface area contributed by atoms with Gasteiger partial charge in [0.15, 0.2) is 5.96 Å². The zero-order valence-corrected chi connectivity index (χ0v) is 21.7. The second-order valence-corrected chi connectivity index (χ2v) is 11.3.